The van der Waals surface area contributed by atoms with E-state index in [9.17, 15) is 23.1 Å². The highest BCUT2D eigenvalue weighted by molar-refractivity contribution is 9.10. The van der Waals surface area contributed by atoms with Gasteiger partial charge in [0.15, 0.2) is 5.65 Å². The predicted octanol–water partition coefficient (Wildman–Crippen LogP) is 4.43. The van der Waals surface area contributed by atoms with Gasteiger partial charge in [-0.15, -0.1) is 0 Å². The summed E-state index contributed by atoms with van der Waals surface area (Å²) in [5, 5.41) is 13.7. The molecule has 37 heavy (non-hydrogen) atoms. The normalized spacial score (nSPS) is 15.8. The van der Waals surface area contributed by atoms with Crippen molar-refractivity contribution in [1.82, 2.24) is 24.5 Å². The standard InChI is InChI=1S/C25H22BrF3N6O2/c26-19-20(15-8-10-34(11-9-15)24(37)21(36)25(27,28)29)33-23-17(13-32-35(23)22(19)30)16-6-7-18(31-12-16)14-4-2-1-3-5-14/h1-7,12-13,15,21,36H,8-11,30H2. The maximum absolute atomic E-state index is 12.8. The van der Waals surface area contributed by atoms with Crippen molar-refractivity contribution in [2.45, 2.75) is 31.0 Å². The van der Waals surface area contributed by atoms with Crippen LogP contribution < -0.4 is 5.73 Å². The molecule has 1 amide bonds. The van der Waals surface area contributed by atoms with Crippen molar-refractivity contribution in [2.24, 2.45) is 0 Å². The van der Waals surface area contributed by atoms with Gasteiger partial charge in [-0.1, -0.05) is 36.4 Å². The van der Waals surface area contributed by atoms with E-state index in [-0.39, 0.29) is 19.0 Å². The van der Waals surface area contributed by atoms with Crippen LogP contribution in [-0.4, -0.2) is 60.9 Å². The number of nitrogens with two attached hydrogens (primary N) is 1. The van der Waals surface area contributed by atoms with Crippen LogP contribution in [0.4, 0.5) is 19.0 Å². The highest BCUT2D eigenvalue weighted by Gasteiger charge is 2.46. The van der Waals surface area contributed by atoms with Crippen LogP contribution in [0, 0.1) is 0 Å². The molecule has 1 fully saturated rings. The first-order valence-corrected chi connectivity index (χ1v) is 12.3. The molecule has 3 N–H and O–H groups in total. The largest absolute Gasteiger partial charge is 0.423 e. The number of rotatable bonds is 4. The van der Waals surface area contributed by atoms with Crippen LogP contribution >= 0.6 is 15.9 Å². The lowest BCUT2D eigenvalue weighted by Gasteiger charge is -2.33. The fourth-order valence-electron chi connectivity index (χ4n) is 4.51. The third kappa shape index (κ3) is 4.78. The van der Waals surface area contributed by atoms with Crippen LogP contribution in [0.2, 0.25) is 0 Å². The van der Waals surface area contributed by atoms with E-state index >= 15 is 0 Å². The average molecular weight is 575 g/mol. The molecule has 0 saturated carbocycles. The summed E-state index contributed by atoms with van der Waals surface area (Å²) in [4.78, 5) is 22.5. The second-order valence-corrected chi connectivity index (χ2v) is 9.62. The molecule has 0 radical (unpaired) electrons. The Bertz CT molecular complexity index is 1440. The van der Waals surface area contributed by atoms with Crippen molar-refractivity contribution in [3.8, 4) is 22.4 Å². The molecule has 3 aromatic heterocycles. The van der Waals surface area contributed by atoms with Gasteiger partial charge in [0.25, 0.3) is 5.91 Å². The third-order valence-corrected chi connectivity index (χ3v) is 7.34. The number of alkyl halides is 3. The molecule has 5 rings (SSSR count). The minimum absolute atomic E-state index is 0.0623. The van der Waals surface area contributed by atoms with Gasteiger partial charge in [-0.3, -0.25) is 9.78 Å². The number of benzene rings is 1. The number of halogens is 4. The number of amides is 1. The lowest BCUT2D eigenvalue weighted by molar-refractivity contribution is -0.211. The molecule has 1 aromatic carbocycles. The van der Waals surface area contributed by atoms with Crippen molar-refractivity contribution >= 4 is 33.3 Å². The van der Waals surface area contributed by atoms with Gasteiger partial charge >= 0.3 is 6.18 Å². The third-order valence-electron chi connectivity index (χ3n) is 6.53. The van der Waals surface area contributed by atoms with Crippen LogP contribution in [0.1, 0.15) is 24.5 Å². The molecule has 0 spiro atoms. The SMILES string of the molecule is Nc1c(Br)c(C2CCN(C(=O)C(O)C(F)(F)F)CC2)nc2c(-c3ccc(-c4ccccc4)nc3)cnn12. The number of likely N-dealkylation sites (tertiary alicyclic amines) is 1. The quantitative estimate of drug-likeness (QED) is 0.373. The van der Waals surface area contributed by atoms with Gasteiger partial charge in [0.05, 0.1) is 22.1 Å². The van der Waals surface area contributed by atoms with E-state index in [0.29, 0.717) is 34.5 Å². The molecule has 192 valence electrons. The lowest BCUT2D eigenvalue weighted by atomic mass is 9.92. The van der Waals surface area contributed by atoms with Crippen LogP contribution in [-0.2, 0) is 4.79 Å². The van der Waals surface area contributed by atoms with E-state index in [1.54, 1.807) is 12.4 Å². The van der Waals surface area contributed by atoms with Gasteiger partial charge in [-0.25, -0.2) is 4.98 Å². The summed E-state index contributed by atoms with van der Waals surface area (Å²) in [5.41, 5.74) is 10.9. The number of aromatic nitrogens is 4. The Morgan fingerprint density at radius 2 is 1.78 bits per heavy atom. The Kier molecular flexibility index (Phi) is 6.63. The number of carbonyl (C=O) groups is 1. The van der Waals surface area contributed by atoms with E-state index in [2.05, 4.69) is 26.0 Å². The maximum atomic E-state index is 12.8. The Morgan fingerprint density at radius 3 is 2.41 bits per heavy atom. The van der Waals surface area contributed by atoms with Gasteiger partial charge in [-0.2, -0.15) is 22.8 Å². The first-order valence-electron chi connectivity index (χ1n) is 11.5. The molecule has 4 heterocycles. The highest BCUT2D eigenvalue weighted by atomic mass is 79.9. The molecular formula is C25H22BrF3N6O2. The number of piperidine rings is 1. The Balaban J connectivity index is 1.41. The van der Waals surface area contributed by atoms with Crippen molar-refractivity contribution in [3.05, 3.63) is 65.0 Å². The molecule has 4 aromatic rings. The minimum Gasteiger partial charge on any atom is -0.383 e. The summed E-state index contributed by atoms with van der Waals surface area (Å²) in [6.45, 7) is 0.125. The summed E-state index contributed by atoms with van der Waals surface area (Å²) < 4.78 is 40.3. The molecule has 8 nitrogen and oxygen atoms in total. The van der Waals surface area contributed by atoms with Gasteiger partial charge in [0, 0.05) is 41.9 Å². The average Bonchev–Trinajstić information content (AvgIpc) is 3.34. The second kappa shape index (κ2) is 9.75. The van der Waals surface area contributed by atoms with Crippen LogP contribution in [0.5, 0.6) is 0 Å². The molecule has 0 aliphatic carbocycles. The molecule has 12 heteroatoms. The number of hydrogen-bond donors (Lipinski definition) is 2. The van der Waals surface area contributed by atoms with Crippen molar-refractivity contribution < 1.29 is 23.1 Å². The zero-order chi connectivity index (χ0) is 26.3. The first-order chi connectivity index (χ1) is 17.6. The zero-order valence-corrected chi connectivity index (χ0v) is 20.9. The molecular weight excluding hydrogens is 553 g/mol. The number of nitrogens with zero attached hydrogens (tertiary/aromatic N) is 5. The lowest BCUT2D eigenvalue weighted by Crippen LogP contribution is -2.49. The van der Waals surface area contributed by atoms with E-state index < -0.39 is 18.2 Å². The predicted molar refractivity (Wildman–Crippen MR) is 134 cm³/mol. The summed E-state index contributed by atoms with van der Waals surface area (Å²) in [6, 6.07) is 13.6. The molecule has 1 unspecified atom stereocenters. The van der Waals surface area contributed by atoms with E-state index in [0.717, 1.165) is 27.3 Å². The number of hydrogen-bond acceptors (Lipinski definition) is 6. The van der Waals surface area contributed by atoms with E-state index in [1.165, 1.54) is 4.52 Å². The zero-order valence-electron chi connectivity index (χ0n) is 19.4. The molecule has 1 aliphatic rings. The first kappa shape index (κ1) is 25.2. The molecule has 1 saturated heterocycles. The summed E-state index contributed by atoms with van der Waals surface area (Å²) in [6.07, 6.45) is -3.87. The van der Waals surface area contributed by atoms with Crippen LogP contribution in [0.3, 0.4) is 0 Å². The number of aliphatic hydroxyl groups excluding tert-OH is 1. The van der Waals surface area contributed by atoms with Crippen molar-refractivity contribution in [1.29, 1.82) is 0 Å². The number of aliphatic hydroxyl groups is 1. The number of carbonyl (C=O) groups excluding carboxylic acids is 1. The smallest absolute Gasteiger partial charge is 0.383 e. The number of anilines is 1. The molecule has 1 atom stereocenters. The monoisotopic (exact) mass is 574 g/mol. The number of pyridine rings is 1. The van der Waals surface area contributed by atoms with Crippen molar-refractivity contribution in [3.63, 3.8) is 0 Å². The Morgan fingerprint density at radius 1 is 1.08 bits per heavy atom. The topological polar surface area (TPSA) is 110 Å². The number of fused-ring (bicyclic) bond motifs is 1. The fourth-order valence-corrected chi connectivity index (χ4v) is 5.09. The van der Waals surface area contributed by atoms with Crippen LogP contribution in [0.15, 0.2) is 59.3 Å². The molecule has 1 aliphatic heterocycles. The Hall–Kier alpha value is -3.51. The maximum Gasteiger partial charge on any atom is 0.423 e. The van der Waals surface area contributed by atoms with Gasteiger partial charge in [-0.05, 0) is 34.8 Å². The van der Waals surface area contributed by atoms with Crippen molar-refractivity contribution in [2.75, 3.05) is 18.8 Å². The highest BCUT2D eigenvalue weighted by Crippen LogP contribution is 2.37. The van der Waals surface area contributed by atoms with Gasteiger partial charge in [0.1, 0.15) is 5.82 Å². The summed E-state index contributed by atoms with van der Waals surface area (Å²) in [5.74, 6) is -1.15. The minimum atomic E-state index is -5.00. The summed E-state index contributed by atoms with van der Waals surface area (Å²) >= 11 is 3.50. The Labute approximate surface area is 218 Å². The fraction of sp³-hybridized carbons (Fsp3) is 0.280. The van der Waals surface area contributed by atoms with Crippen LogP contribution in [0.25, 0.3) is 28.0 Å². The summed E-state index contributed by atoms with van der Waals surface area (Å²) in [7, 11) is 0. The number of nitrogen functional groups attached to an aromatic ring is 1. The molecule has 0 bridgehead atoms. The van der Waals surface area contributed by atoms with Gasteiger partial charge in [0.2, 0.25) is 6.10 Å². The van der Waals surface area contributed by atoms with Gasteiger partial charge < -0.3 is 15.7 Å². The van der Waals surface area contributed by atoms with E-state index in [4.69, 9.17) is 10.7 Å². The second-order valence-electron chi connectivity index (χ2n) is 8.83. The van der Waals surface area contributed by atoms with E-state index in [1.807, 2.05) is 42.5 Å².